The van der Waals surface area contributed by atoms with Gasteiger partial charge in [0.15, 0.2) is 5.65 Å². The summed E-state index contributed by atoms with van der Waals surface area (Å²) in [6, 6.07) is 3.20. The Bertz CT molecular complexity index is 801. The van der Waals surface area contributed by atoms with Crippen molar-refractivity contribution in [3.8, 4) is 5.88 Å². The molecule has 0 atom stereocenters. The van der Waals surface area contributed by atoms with Gasteiger partial charge >= 0.3 is 0 Å². The zero-order chi connectivity index (χ0) is 14.8. The predicted molar refractivity (Wildman–Crippen MR) is 74.5 cm³/mol. The summed E-state index contributed by atoms with van der Waals surface area (Å²) >= 11 is 5.89. The fourth-order valence-corrected chi connectivity index (χ4v) is 1.88. The Morgan fingerprint density at radius 2 is 2.19 bits per heavy atom. The van der Waals surface area contributed by atoms with Crippen LogP contribution in [0.4, 0.5) is 5.69 Å². The van der Waals surface area contributed by atoms with E-state index in [1.165, 1.54) is 30.2 Å². The molecule has 21 heavy (non-hydrogen) atoms. The number of fused-ring (bicyclic) bond motifs is 1. The molecule has 9 heteroatoms. The van der Waals surface area contributed by atoms with Gasteiger partial charge in [-0.05, 0) is 17.7 Å². The molecule has 0 bridgehead atoms. The lowest BCUT2D eigenvalue weighted by molar-refractivity contribution is 0.102. The first kappa shape index (κ1) is 13.3. The number of methoxy groups -OCH3 is 1. The van der Waals surface area contributed by atoms with E-state index in [1.54, 1.807) is 12.1 Å². The minimum atomic E-state index is -0.348. The second-order valence-electron chi connectivity index (χ2n) is 4.01. The summed E-state index contributed by atoms with van der Waals surface area (Å²) in [6.07, 6.45) is 4.25. The topological polar surface area (TPSA) is 94.3 Å². The van der Waals surface area contributed by atoms with Crippen LogP contribution in [0, 0.1) is 0 Å². The summed E-state index contributed by atoms with van der Waals surface area (Å²) < 4.78 is 6.40. The van der Waals surface area contributed by atoms with Crippen molar-refractivity contribution < 1.29 is 9.53 Å². The minimum Gasteiger partial charge on any atom is -0.481 e. The van der Waals surface area contributed by atoms with Crippen molar-refractivity contribution in [2.24, 2.45) is 0 Å². The van der Waals surface area contributed by atoms with Crippen molar-refractivity contribution >= 4 is 28.8 Å². The molecule has 3 heterocycles. The largest absolute Gasteiger partial charge is 0.481 e. The van der Waals surface area contributed by atoms with E-state index < -0.39 is 0 Å². The first-order valence-electron chi connectivity index (χ1n) is 5.84. The molecule has 0 aliphatic rings. The van der Waals surface area contributed by atoms with Gasteiger partial charge < -0.3 is 10.1 Å². The number of anilines is 1. The van der Waals surface area contributed by atoms with Crippen LogP contribution in [0.1, 0.15) is 10.4 Å². The van der Waals surface area contributed by atoms with Gasteiger partial charge in [-0.25, -0.2) is 9.97 Å². The van der Waals surface area contributed by atoms with E-state index >= 15 is 0 Å². The minimum absolute atomic E-state index is 0.208. The maximum Gasteiger partial charge on any atom is 0.257 e. The number of nitrogens with zero attached hydrogens (tertiary/aromatic N) is 5. The maximum atomic E-state index is 12.2. The number of aromatic nitrogens is 5. The number of pyridine rings is 1. The molecule has 0 unspecified atom stereocenters. The van der Waals surface area contributed by atoms with Crippen molar-refractivity contribution in [3.63, 3.8) is 0 Å². The summed E-state index contributed by atoms with van der Waals surface area (Å²) in [5.41, 5.74) is 1.19. The highest BCUT2D eigenvalue weighted by Gasteiger charge is 2.12. The van der Waals surface area contributed by atoms with Crippen LogP contribution in [0.25, 0.3) is 5.65 Å². The average molecular weight is 305 g/mol. The molecule has 0 fully saturated rings. The molecule has 0 spiro atoms. The smallest absolute Gasteiger partial charge is 0.257 e. The summed E-state index contributed by atoms with van der Waals surface area (Å²) in [5, 5.41) is 10.5. The highest BCUT2D eigenvalue weighted by Crippen LogP contribution is 2.18. The number of hydrogen-bond donors (Lipinski definition) is 1. The molecule has 0 saturated carbocycles. The molecule has 0 aromatic carbocycles. The molecule has 0 aliphatic heterocycles. The van der Waals surface area contributed by atoms with Crippen molar-refractivity contribution in [1.82, 2.24) is 24.6 Å². The third-order valence-electron chi connectivity index (χ3n) is 2.74. The summed E-state index contributed by atoms with van der Waals surface area (Å²) in [7, 11) is 1.50. The fourth-order valence-electron chi connectivity index (χ4n) is 1.71. The van der Waals surface area contributed by atoms with Crippen LogP contribution >= 0.6 is 11.6 Å². The second kappa shape index (κ2) is 5.33. The Hall–Kier alpha value is -2.74. The standard InChI is InChI=1S/C12H9ClN6O2/c1-21-9-3-2-7(4-14-9)11(20)17-8-5-15-12(13)19-6-16-18-10(8)19/h2-6H,1H3,(H,17,20). The molecular formula is C12H9ClN6O2. The monoisotopic (exact) mass is 304 g/mol. The number of carbonyl (C=O) groups excluding carboxylic acids is 1. The number of ether oxygens (including phenoxy) is 1. The van der Waals surface area contributed by atoms with Gasteiger partial charge in [-0.1, -0.05) is 0 Å². The normalized spacial score (nSPS) is 10.6. The number of amides is 1. The highest BCUT2D eigenvalue weighted by molar-refractivity contribution is 6.28. The third-order valence-corrected chi connectivity index (χ3v) is 3.02. The highest BCUT2D eigenvalue weighted by atomic mass is 35.5. The molecule has 3 aromatic heterocycles. The molecular weight excluding hydrogens is 296 g/mol. The number of rotatable bonds is 3. The van der Waals surface area contributed by atoms with Crippen LogP contribution in [0.3, 0.4) is 0 Å². The van der Waals surface area contributed by atoms with Crippen LogP contribution in [-0.4, -0.2) is 37.6 Å². The van der Waals surface area contributed by atoms with Crippen molar-refractivity contribution in [3.05, 3.63) is 41.7 Å². The van der Waals surface area contributed by atoms with E-state index in [0.29, 0.717) is 22.8 Å². The molecule has 1 amide bonds. The van der Waals surface area contributed by atoms with Crippen LogP contribution < -0.4 is 10.1 Å². The Kier molecular flexibility index (Phi) is 3.36. The van der Waals surface area contributed by atoms with Crippen molar-refractivity contribution in [2.75, 3.05) is 12.4 Å². The number of halogens is 1. The van der Waals surface area contributed by atoms with Gasteiger partial charge in [0.25, 0.3) is 5.91 Å². The summed E-state index contributed by atoms with van der Waals surface area (Å²) in [4.78, 5) is 20.1. The van der Waals surface area contributed by atoms with Crippen LogP contribution in [0.5, 0.6) is 5.88 Å². The van der Waals surface area contributed by atoms with E-state index in [9.17, 15) is 4.79 Å². The van der Waals surface area contributed by atoms with Crippen LogP contribution in [0.15, 0.2) is 30.9 Å². The van der Waals surface area contributed by atoms with E-state index in [1.807, 2.05) is 0 Å². The average Bonchev–Trinajstić information content (AvgIpc) is 3.01. The summed E-state index contributed by atoms with van der Waals surface area (Å²) in [6.45, 7) is 0. The third kappa shape index (κ3) is 2.48. The number of nitrogens with one attached hydrogen (secondary N) is 1. The molecule has 3 aromatic rings. The molecule has 3 rings (SSSR count). The maximum absolute atomic E-state index is 12.2. The molecule has 0 radical (unpaired) electrons. The van der Waals surface area contributed by atoms with Gasteiger partial charge in [0.1, 0.15) is 12.0 Å². The molecule has 8 nitrogen and oxygen atoms in total. The van der Waals surface area contributed by atoms with E-state index in [0.717, 1.165) is 0 Å². The summed E-state index contributed by atoms with van der Waals surface area (Å²) in [5.74, 6) is 0.0822. The van der Waals surface area contributed by atoms with Crippen LogP contribution in [0.2, 0.25) is 5.28 Å². The Morgan fingerprint density at radius 3 is 2.90 bits per heavy atom. The van der Waals surface area contributed by atoms with Crippen molar-refractivity contribution in [1.29, 1.82) is 0 Å². The first-order valence-corrected chi connectivity index (χ1v) is 6.22. The Morgan fingerprint density at radius 1 is 1.33 bits per heavy atom. The van der Waals surface area contributed by atoms with Crippen molar-refractivity contribution in [2.45, 2.75) is 0 Å². The van der Waals surface area contributed by atoms with Gasteiger partial charge in [0, 0.05) is 12.3 Å². The molecule has 1 N–H and O–H groups in total. The molecule has 0 aliphatic carbocycles. The van der Waals surface area contributed by atoms with Crippen LogP contribution in [-0.2, 0) is 0 Å². The second-order valence-corrected chi connectivity index (χ2v) is 4.35. The number of hydrogen-bond acceptors (Lipinski definition) is 6. The van der Waals surface area contributed by atoms with Gasteiger partial charge in [0.05, 0.1) is 18.9 Å². The Balaban J connectivity index is 1.89. The van der Waals surface area contributed by atoms with Gasteiger partial charge in [-0.15, -0.1) is 10.2 Å². The zero-order valence-electron chi connectivity index (χ0n) is 10.8. The number of carbonyl (C=O) groups is 1. The quantitative estimate of drug-likeness (QED) is 0.736. The molecule has 106 valence electrons. The molecule has 0 saturated heterocycles. The lowest BCUT2D eigenvalue weighted by Gasteiger charge is -2.06. The lowest BCUT2D eigenvalue weighted by atomic mass is 10.2. The first-order chi connectivity index (χ1) is 10.2. The Labute approximate surface area is 123 Å². The lowest BCUT2D eigenvalue weighted by Crippen LogP contribution is -2.13. The zero-order valence-corrected chi connectivity index (χ0v) is 11.6. The van der Waals surface area contributed by atoms with Gasteiger partial charge in [0.2, 0.25) is 11.2 Å². The van der Waals surface area contributed by atoms with Gasteiger partial charge in [-0.3, -0.25) is 9.20 Å². The van der Waals surface area contributed by atoms with E-state index in [4.69, 9.17) is 16.3 Å². The fraction of sp³-hybridized carbons (Fsp3) is 0.0833. The van der Waals surface area contributed by atoms with E-state index in [-0.39, 0.29) is 11.2 Å². The SMILES string of the molecule is COc1ccc(C(=O)Nc2cnc(Cl)n3cnnc23)cn1. The van der Waals surface area contributed by atoms with Gasteiger partial charge in [-0.2, -0.15) is 0 Å². The predicted octanol–water partition coefficient (Wildman–Crippen LogP) is 1.43. The van der Waals surface area contributed by atoms with E-state index in [2.05, 4.69) is 25.5 Å².